The van der Waals surface area contributed by atoms with Gasteiger partial charge in [-0.3, -0.25) is 0 Å². The molecule has 2 rings (SSSR count). The summed E-state index contributed by atoms with van der Waals surface area (Å²) >= 11 is 1.79. The lowest BCUT2D eigenvalue weighted by atomic mass is 10.0. The van der Waals surface area contributed by atoms with Crippen molar-refractivity contribution in [2.45, 2.75) is 32.2 Å². The highest BCUT2D eigenvalue weighted by Gasteiger charge is 2.20. The summed E-state index contributed by atoms with van der Waals surface area (Å²) < 4.78 is 0. The number of rotatable bonds is 8. The van der Waals surface area contributed by atoms with Crippen LogP contribution in [0.5, 0.6) is 0 Å². The summed E-state index contributed by atoms with van der Waals surface area (Å²) in [5.74, 6) is 0. The Morgan fingerprint density at radius 2 is 2.15 bits per heavy atom. The Kier molecular flexibility index (Phi) is 7.00. The van der Waals surface area contributed by atoms with Gasteiger partial charge in [0.1, 0.15) is 0 Å². The molecule has 0 radical (unpaired) electrons. The van der Waals surface area contributed by atoms with E-state index in [4.69, 9.17) is 0 Å². The van der Waals surface area contributed by atoms with E-state index in [0.717, 1.165) is 25.6 Å². The standard InChI is InChI=1S/C16H29N3S/c1-3-19-10-5-16(6-11-19)18(2)12-9-17-8-4-15-7-13-20-14-15/h7,13-14,16-17H,3-6,8-12H2,1-2H3. The summed E-state index contributed by atoms with van der Waals surface area (Å²) in [5.41, 5.74) is 1.46. The first-order valence-corrected chi connectivity index (χ1v) is 8.88. The molecule has 2 heterocycles. The van der Waals surface area contributed by atoms with Crippen LogP contribution in [0.1, 0.15) is 25.3 Å². The van der Waals surface area contributed by atoms with Crippen molar-refractivity contribution in [2.75, 3.05) is 46.3 Å². The number of likely N-dealkylation sites (tertiary alicyclic amines) is 1. The molecule has 1 aromatic heterocycles. The molecule has 1 aromatic rings. The fourth-order valence-corrected chi connectivity index (χ4v) is 3.61. The summed E-state index contributed by atoms with van der Waals surface area (Å²) in [7, 11) is 2.28. The molecular formula is C16H29N3S. The van der Waals surface area contributed by atoms with Crippen molar-refractivity contribution in [3.63, 3.8) is 0 Å². The minimum atomic E-state index is 0.788. The van der Waals surface area contributed by atoms with E-state index in [1.54, 1.807) is 11.3 Å². The van der Waals surface area contributed by atoms with Gasteiger partial charge in [0.25, 0.3) is 0 Å². The van der Waals surface area contributed by atoms with Gasteiger partial charge in [-0.2, -0.15) is 11.3 Å². The number of hydrogen-bond acceptors (Lipinski definition) is 4. The Morgan fingerprint density at radius 1 is 1.35 bits per heavy atom. The molecule has 20 heavy (non-hydrogen) atoms. The summed E-state index contributed by atoms with van der Waals surface area (Å²) in [6.07, 6.45) is 3.82. The third-order valence-corrected chi connectivity index (χ3v) is 5.17. The minimum absolute atomic E-state index is 0.788. The second kappa shape index (κ2) is 8.78. The summed E-state index contributed by atoms with van der Waals surface area (Å²) in [6.45, 7) is 9.39. The zero-order chi connectivity index (χ0) is 14.2. The molecule has 1 aliphatic rings. The second-order valence-corrected chi connectivity index (χ2v) is 6.56. The van der Waals surface area contributed by atoms with Gasteiger partial charge in [0.2, 0.25) is 0 Å². The number of nitrogens with zero attached hydrogens (tertiary/aromatic N) is 2. The average molecular weight is 295 g/mol. The highest BCUT2D eigenvalue weighted by Crippen LogP contribution is 2.14. The molecule has 0 aliphatic carbocycles. The van der Waals surface area contributed by atoms with Crippen LogP contribution in [-0.4, -0.2) is 62.2 Å². The van der Waals surface area contributed by atoms with Gasteiger partial charge in [-0.05, 0) is 74.9 Å². The molecule has 0 unspecified atom stereocenters. The molecule has 1 N–H and O–H groups in total. The zero-order valence-corrected chi connectivity index (χ0v) is 13.8. The molecule has 0 amide bonds. The third-order valence-electron chi connectivity index (χ3n) is 4.44. The Labute approximate surface area is 128 Å². The number of piperidine rings is 1. The maximum Gasteiger partial charge on any atom is 0.0117 e. The van der Waals surface area contributed by atoms with E-state index in [2.05, 4.69) is 45.9 Å². The monoisotopic (exact) mass is 295 g/mol. The van der Waals surface area contributed by atoms with Crippen LogP contribution in [0, 0.1) is 0 Å². The third kappa shape index (κ3) is 5.17. The lowest BCUT2D eigenvalue weighted by Crippen LogP contribution is -2.45. The molecule has 0 spiro atoms. The van der Waals surface area contributed by atoms with E-state index in [1.165, 1.54) is 44.6 Å². The summed E-state index contributed by atoms with van der Waals surface area (Å²) in [4.78, 5) is 5.11. The first kappa shape index (κ1) is 16.0. The SMILES string of the molecule is CCN1CCC(N(C)CCNCCc2ccsc2)CC1. The van der Waals surface area contributed by atoms with Crippen molar-refractivity contribution < 1.29 is 0 Å². The molecule has 114 valence electrons. The van der Waals surface area contributed by atoms with E-state index in [-0.39, 0.29) is 0 Å². The summed E-state index contributed by atoms with van der Waals surface area (Å²) in [5, 5.41) is 7.97. The molecule has 0 aromatic carbocycles. The Hall–Kier alpha value is -0.420. The lowest BCUT2D eigenvalue weighted by Gasteiger charge is -2.36. The van der Waals surface area contributed by atoms with E-state index in [1.807, 2.05) is 0 Å². The number of thiophene rings is 1. The van der Waals surface area contributed by atoms with E-state index >= 15 is 0 Å². The first-order valence-electron chi connectivity index (χ1n) is 7.94. The first-order chi connectivity index (χ1) is 9.79. The molecule has 0 bridgehead atoms. The van der Waals surface area contributed by atoms with Crippen molar-refractivity contribution >= 4 is 11.3 Å². The quantitative estimate of drug-likeness (QED) is 0.743. The van der Waals surface area contributed by atoms with E-state index in [0.29, 0.717) is 0 Å². The van der Waals surface area contributed by atoms with Crippen LogP contribution in [-0.2, 0) is 6.42 Å². The lowest BCUT2D eigenvalue weighted by molar-refractivity contribution is 0.132. The predicted molar refractivity (Wildman–Crippen MR) is 88.7 cm³/mol. The van der Waals surface area contributed by atoms with Crippen molar-refractivity contribution in [1.29, 1.82) is 0 Å². The second-order valence-electron chi connectivity index (χ2n) is 5.78. The van der Waals surface area contributed by atoms with Gasteiger partial charge in [-0.25, -0.2) is 0 Å². The van der Waals surface area contributed by atoms with E-state index < -0.39 is 0 Å². The van der Waals surface area contributed by atoms with Crippen molar-refractivity contribution in [3.8, 4) is 0 Å². The maximum absolute atomic E-state index is 3.57. The molecule has 4 heteroatoms. The Bertz CT molecular complexity index is 345. The smallest absolute Gasteiger partial charge is 0.0117 e. The van der Waals surface area contributed by atoms with E-state index in [9.17, 15) is 0 Å². The van der Waals surface area contributed by atoms with Crippen LogP contribution in [0.3, 0.4) is 0 Å². The van der Waals surface area contributed by atoms with Gasteiger partial charge < -0.3 is 15.1 Å². The predicted octanol–water partition coefficient (Wildman–Crippen LogP) is 2.30. The van der Waals surface area contributed by atoms with Crippen LogP contribution < -0.4 is 5.32 Å². The van der Waals surface area contributed by atoms with Crippen LogP contribution >= 0.6 is 11.3 Å². The van der Waals surface area contributed by atoms with Crippen LogP contribution in [0.15, 0.2) is 16.8 Å². The van der Waals surface area contributed by atoms with Crippen molar-refractivity contribution in [3.05, 3.63) is 22.4 Å². The van der Waals surface area contributed by atoms with Gasteiger partial charge in [-0.15, -0.1) is 0 Å². The molecule has 0 saturated carbocycles. The topological polar surface area (TPSA) is 18.5 Å². The van der Waals surface area contributed by atoms with Crippen LogP contribution in [0.25, 0.3) is 0 Å². The highest BCUT2D eigenvalue weighted by molar-refractivity contribution is 7.07. The fourth-order valence-electron chi connectivity index (χ4n) is 2.91. The zero-order valence-electron chi connectivity index (χ0n) is 13.0. The molecule has 3 nitrogen and oxygen atoms in total. The largest absolute Gasteiger partial charge is 0.315 e. The van der Waals surface area contributed by atoms with Gasteiger partial charge in [0.05, 0.1) is 0 Å². The van der Waals surface area contributed by atoms with Gasteiger partial charge >= 0.3 is 0 Å². The number of hydrogen-bond donors (Lipinski definition) is 1. The molecule has 1 saturated heterocycles. The Morgan fingerprint density at radius 3 is 2.80 bits per heavy atom. The average Bonchev–Trinajstić information content (AvgIpc) is 3.00. The van der Waals surface area contributed by atoms with Gasteiger partial charge in [0.15, 0.2) is 0 Å². The minimum Gasteiger partial charge on any atom is -0.315 e. The van der Waals surface area contributed by atoms with Crippen LogP contribution in [0.4, 0.5) is 0 Å². The van der Waals surface area contributed by atoms with Crippen molar-refractivity contribution in [2.24, 2.45) is 0 Å². The highest BCUT2D eigenvalue weighted by atomic mass is 32.1. The Balaban J connectivity index is 1.53. The normalized spacial score (nSPS) is 17.9. The maximum atomic E-state index is 3.57. The number of nitrogens with one attached hydrogen (secondary N) is 1. The molecule has 0 atom stereocenters. The number of likely N-dealkylation sites (N-methyl/N-ethyl adjacent to an activating group) is 1. The molecule has 1 fully saturated rings. The summed E-state index contributed by atoms with van der Waals surface area (Å²) in [6, 6.07) is 3.01. The van der Waals surface area contributed by atoms with Gasteiger partial charge in [-0.1, -0.05) is 6.92 Å². The van der Waals surface area contributed by atoms with Gasteiger partial charge in [0, 0.05) is 19.1 Å². The van der Waals surface area contributed by atoms with Crippen LogP contribution in [0.2, 0.25) is 0 Å². The molecule has 1 aliphatic heterocycles. The molecular weight excluding hydrogens is 266 g/mol. The van der Waals surface area contributed by atoms with Crippen molar-refractivity contribution in [1.82, 2.24) is 15.1 Å². The fraction of sp³-hybridized carbons (Fsp3) is 0.750.